The van der Waals surface area contributed by atoms with Gasteiger partial charge in [0.25, 0.3) is 0 Å². The van der Waals surface area contributed by atoms with Gasteiger partial charge in [0.2, 0.25) is 0 Å². The quantitative estimate of drug-likeness (QED) is 0.910. The Bertz CT molecular complexity index is 574. The third-order valence-corrected chi connectivity index (χ3v) is 5.11. The molecule has 2 saturated carbocycles. The number of hydrogen-bond donors (Lipinski definition) is 1. The van der Waals surface area contributed by atoms with Crippen LogP contribution in [-0.4, -0.2) is 16.2 Å². The Balaban J connectivity index is 1.37. The number of nitrogens with zero attached hydrogens (tertiary/aromatic N) is 2. The predicted octanol–water partition coefficient (Wildman–Crippen LogP) is 2.86. The van der Waals surface area contributed by atoms with Crippen molar-refractivity contribution in [3.05, 3.63) is 36.2 Å². The zero-order valence-corrected chi connectivity index (χ0v) is 11.3. The van der Waals surface area contributed by atoms with Gasteiger partial charge < -0.3 is 5.32 Å². The summed E-state index contributed by atoms with van der Waals surface area (Å²) in [5.41, 5.74) is 2.53. The number of nitrogens with one attached hydrogen (secondary N) is 1. The molecule has 4 rings (SSSR count). The summed E-state index contributed by atoms with van der Waals surface area (Å²) >= 11 is 0. The maximum atomic E-state index is 4.38. The molecule has 2 heterocycles. The van der Waals surface area contributed by atoms with Gasteiger partial charge in [-0.15, -0.1) is 0 Å². The van der Waals surface area contributed by atoms with Crippen molar-refractivity contribution in [3.63, 3.8) is 0 Å². The van der Waals surface area contributed by atoms with Crippen molar-refractivity contribution in [2.24, 2.45) is 17.8 Å². The monoisotopic (exact) mass is 255 g/mol. The molecule has 0 saturated heterocycles. The highest BCUT2D eigenvalue weighted by Crippen LogP contribution is 2.47. The summed E-state index contributed by atoms with van der Waals surface area (Å²) in [4.78, 5) is 0. The van der Waals surface area contributed by atoms with Crippen LogP contribution in [0.3, 0.4) is 0 Å². The van der Waals surface area contributed by atoms with Crippen LogP contribution in [0.25, 0.3) is 5.52 Å². The van der Waals surface area contributed by atoms with Gasteiger partial charge in [0.15, 0.2) is 0 Å². The standard InChI is InChI=1S/C16H21N3/c1-2-6-19-16(3-1)15(11-18-19)10-17-9-14-8-12-4-5-13(14)7-12/h1-3,6,11-14,17H,4-5,7-10H2. The Labute approximate surface area is 114 Å². The Morgan fingerprint density at radius 1 is 1.26 bits per heavy atom. The van der Waals surface area contributed by atoms with Crippen LogP contribution < -0.4 is 5.32 Å². The van der Waals surface area contributed by atoms with Crippen LogP contribution in [0, 0.1) is 17.8 Å². The molecular weight excluding hydrogens is 234 g/mol. The number of fused-ring (bicyclic) bond motifs is 3. The maximum Gasteiger partial charge on any atom is 0.0706 e. The highest BCUT2D eigenvalue weighted by atomic mass is 15.2. The van der Waals surface area contributed by atoms with Gasteiger partial charge >= 0.3 is 0 Å². The molecule has 2 aliphatic rings. The molecule has 3 heteroatoms. The Kier molecular flexibility index (Phi) is 2.80. The molecule has 2 aromatic rings. The van der Waals surface area contributed by atoms with Gasteiger partial charge in [-0.05, 0) is 55.7 Å². The van der Waals surface area contributed by atoms with Crippen LogP contribution >= 0.6 is 0 Å². The summed E-state index contributed by atoms with van der Waals surface area (Å²) < 4.78 is 1.95. The van der Waals surface area contributed by atoms with E-state index in [-0.39, 0.29) is 0 Å². The molecule has 100 valence electrons. The lowest BCUT2D eigenvalue weighted by molar-refractivity contribution is 0.318. The van der Waals surface area contributed by atoms with Crippen LogP contribution in [0.5, 0.6) is 0 Å². The summed E-state index contributed by atoms with van der Waals surface area (Å²) in [6, 6.07) is 6.24. The Morgan fingerprint density at radius 2 is 2.26 bits per heavy atom. The van der Waals surface area contributed by atoms with E-state index in [4.69, 9.17) is 0 Å². The average molecular weight is 255 g/mol. The van der Waals surface area contributed by atoms with E-state index < -0.39 is 0 Å². The van der Waals surface area contributed by atoms with Gasteiger partial charge in [-0.2, -0.15) is 5.10 Å². The van der Waals surface area contributed by atoms with Crippen LogP contribution in [0.15, 0.2) is 30.6 Å². The first-order valence-electron chi connectivity index (χ1n) is 7.52. The van der Waals surface area contributed by atoms with E-state index in [1.807, 2.05) is 23.0 Å². The lowest BCUT2D eigenvalue weighted by Crippen LogP contribution is -2.26. The van der Waals surface area contributed by atoms with Crippen molar-refractivity contribution in [1.82, 2.24) is 14.9 Å². The summed E-state index contributed by atoms with van der Waals surface area (Å²) in [6.45, 7) is 2.13. The number of aromatic nitrogens is 2. The van der Waals surface area contributed by atoms with Crippen molar-refractivity contribution in [2.45, 2.75) is 32.2 Å². The minimum Gasteiger partial charge on any atom is -0.312 e. The third kappa shape index (κ3) is 2.06. The van der Waals surface area contributed by atoms with E-state index in [0.717, 1.165) is 24.3 Å². The Hall–Kier alpha value is -1.35. The largest absolute Gasteiger partial charge is 0.312 e. The molecular formula is C16H21N3. The molecule has 1 N–H and O–H groups in total. The molecule has 2 fully saturated rings. The van der Waals surface area contributed by atoms with Gasteiger partial charge in [0.1, 0.15) is 0 Å². The fourth-order valence-corrected chi connectivity index (χ4v) is 4.14. The van der Waals surface area contributed by atoms with E-state index >= 15 is 0 Å². The molecule has 19 heavy (non-hydrogen) atoms. The van der Waals surface area contributed by atoms with Crippen LogP contribution in [0.2, 0.25) is 0 Å². The van der Waals surface area contributed by atoms with Crippen molar-refractivity contribution >= 4 is 5.52 Å². The Morgan fingerprint density at radius 3 is 3.11 bits per heavy atom. The van der Waals surface area contributed by atoms with Crippen molar-refractivity contribution in [2.75, 3.05) is 6.54 Å². The third-order valence-electron chi connectivity index (χ3n) is 5.11. The smallest absolute Gasteiger partial charge is 0.0706 e. The number of rotatable bonds is 4. The molecule has 3 atom stereocenters. The maximum absolute atomic E-state index is 4.38. The van der Waals surface area contributed by atoms with Crippen LogP contribution in [0.1, 0.15) is 31.2 Å². The molecule has 0 radical (unpaired) electrons. The summed E-state index contributed by atoms with van der Waals surface area (Å²) in [5.74, 6) is 3.00. The molecule has 0 amide bonds. The molecule has 3 nitrogen and oxygen atoms in total. The lowest BCUT2D eigenvalue weighted by Gasteiger charge is -2.21. The van der Waals surface area contributed by atoms with Crippen molar-refractivity contribution < 1.29 is 0 Å². The fraction of sp³-hybridized carbons (Fsp3) is 0.562. The van der Waals surface area contributed by atoms with Crippen molar-refractivity contribution in [3.8, 4) is 0 Å². The highest BCUT2D eigenvalue weighted by Gasteiger charge is 2.38. The summed E-state index contributed by atoms with van der Waals surface area (Å²) in [6.07, 6.45) is 9.94. The van der Waals surface area contributed by atoms with Gasteiger partial charge in [-0.25, -0.2) is 4.52 Å². The normalized spacial score (nSPS) is 29.4. The second kappa shape index (κ2) is 4.64. The minimum absolute atomic E-state index is 0.931. The molecule has 2 bridgehead atoms. The molecule has 0 aliphatic heterocycles. The second-order valence-electron chi connectivity index (χ2n) is 6.27. The van der Waals surface area contributed by atoms with Crippen molar-refractivity contribution in [1.29, 1.82) is 0 Å². The first-order chi connectivity index (χ1) is 9.40. The van der Waals surface area contributed by atoms with E-state index in [0.29, 0.717) is 0 Å². The van der Waals surface area contributed by atoms with Gasteiger partial charge in [0.05, 0.1) is 11.7 Å². The summed E-state index contributed by atoms with van der Waals surface area (Å²) in [7, 11) is 0. The molecule has 0 spiro atoms. The molecule has 2 aliphatic carbocycles. The molecule has 2 aromatic heterocycles. The van der Waals surface area contributed by atoms with Gasteiger partial charge in [-0.3, -0.25) is 0 Å². The van der Waals surface area contributed by atoms with E-state index in [2.05, 4.69) is 22.5 Å². The predicted molar refractivity (Wildman–Crippen MR) is 75.8 cm³/mol. The molecule has 0 aromatic carbocycles. The van der Waals surface area contributed by atoms with E-state index in [1.165, 1.54) is 43.3 Å². The summed E-state index contributed by atoms with van der Waals surface area (Å²) in [5, 5.41) is 8.04. The average Bonchev–Trinajstić information content (AvgIpc) is 3.14. The molecule has 3 unspecified atom stereocenters. The SMILES string of the molecule is c1ccn2ncc(CNCC3CC4CCC3C4)c2c1. The van der Waals surface area contributed by atoms with Gasteiger partial charge in [0, 0.05) is 18.3 Å². The van der Waals surface area contributed by atoms with E-state index in [1.54, 1.807) is 0 Å². The fourth-order valence-electron chi connectivity index (χ4n) is 4.14. The first kappa shape index (κ1) is 11.5. The van der Waals surface area contributed by atoms with Crippen LogP contribution in [0.4, 0.5) is 0 Å². The van der Waals surface area contributed by atoms with Crippen LogP contribution in [-0.2, 0) is 6.54 Å². The number of hydrogen-bond acceptors (Lipinski definition) is 2. The lowest BCUT2D eigenvalue weighted by atomic mass is 9.89. The highest BCUT2D eigenvalue weighted by molar-refractivity contribution is 5.53. The topological polar surface area (TPSA) is 29.3 Å². The second-order valence-corrected chi connectivity index (χ2v) is 6.27. The van der Waals surface area contributed by atoms with E-state index in [9.17, 15) is 0 Å². The van der Waals surface area contributed by atoms with Gasteiger partial charge in [-0.1, -0.05) is 12.5 Å². The zero-order valence-electron chi connectivity index (χ0n) is 11.3. The first-order valence-corrected chi connectivity index (χ1v) is 7.52. The minimum atomic E-state index is 0.931. The zero-order chi connectivity index (χ0) is 12.7. The number of pyridine rings is 1.